The van der Waals surface area contributed by atoms with Crippen LogP contribution in [0.4, 0.5) is 0 Å². The van der Waals surface area contributed by atoms with Crippen LogP contribution in [0.15, 0.2) is 4.99 Å². The second-order valence-electron chi connectivity index (χ2n) is 8.00. The van der Waals surface area contributed by atoms with E-state index in [4.69, 9.17) is 0 Å². The van der Waals surface area contributed by atoms with E-state index < -0.39 is 0 Å². The smallest absolute Gasteiger partial charge is 0.234 e. The highest BCUT2D eigenvalue weighted by molar-refractivity contribution is 14.0. The Balaban J connectivity index is 0.00000261. The molecule has 2 N–H and O–H groups in total. The van der Waals surface area contributed by atoms with Crippen molar-refractivity contribution in [3.8, 4) is 0 Å². The molecule has 0 aromatic carbocycles. The standard InChI is InChI=1S/C19H36N6O.HI/c1-20-19(21-9-10-23(2)17-5-3-4-6-17)25-13-11-24(12-14-25)15-18(26)22-16-7-8-16;/h16-17H,3-15H2,1-2H3,(H,20,21)(H,22,26);1H. The molecule has 3 rings (SSSR count). The second kappa shape index (κ2) is 11.4. The fraction of sp³-hybridized carbons (Fsp3) is 0.895. The first-order valence-corrected chi connectivity index (χ1v) is 10.3. The molecule has 0 aromatic heterocycles. The quantitative estimate of drug-likeness (QED) is 0.315. The number of hydrogen-bond donors (Lipinski definition) is 2. The molecule has 8 heteroatoms. The second-order valence-corrected chi connectivity index (χ2v) is 8.00. The summed E-state index contributed by atoms with van der Waals surface area (Å²) in [5.41, 5.74) is 0. The van der Waals surface area contributed by atoms with Crippen LogP contribution in [0.25, 0.3) is 0 Å². The van der Waals surface area contributed by atoms with Crippen molar-refractivity contribution in [2.24, 2.45) is 4.99 Å². The van der Waals surface area contributed by atoms with Crippen LogP contribution in [0.2, 0.25) is 0 Å². The zero-order chi connectivity index (χ0) is 18.4. The van der Waals surface area contributed by atoms with Crippen LogP contribution in [0.3, 0.4) is 0 Å². The molecule has 156 valence electrons. The highest BCUT2D eigenvalue weighted by atomic mass is 127. The minimum atomic E-state index is 0. The fourth-order valence-electron chi connectivity index (χ4n) is 4.03. The summed E-state index contributed by atoms with van der Waals surface area (Å²) in [4.78, 5) is 23.4. The van der Waals surface area contributed by atoms with E-state index in [1.54, 1.807) is 0 Å². The van der Waals surface area contributed by atoms with Gasteiger partial charge in [-0.3, -0.25) is 14.7 Å². The number of nitrogens with one attached hydrogen (secondary N) is 2. The van der Waals surface area contributed by atoms with E-state index in [0.29, 0.717) is 12.6 Å². The Morgan fingerprint density at radius 1 is 1.11 bits per heavy atom. The van der Waals surface area contributed by atoms with E-state index in [-0.39, 0.29) is 29.9 Å². The summed E-state index contributed by atoms with van der Waals surface area (Å²) in [6.07, 6.45) is 7.76. The van der Waals surface area contributed by atoms with E-state index in [1.807, 2.05) is 7.05 Å². The number of likely N-dealkylation sites (N-methyl/N-ethyl adjacent to an activating group) is 1. The average molecular weight is 492 g/mol. The van der Waals surface area contributed by atoms with Crippen LogP contribution in [0, 0.1) is 0 Å². The Labute approximate surface area is 181 Å². The number of amides is 1. The third kappa shape index (κ3) is 7.38. The van der Waals surface area contributed by atoms with Gasteiger partial charge in [-0.15, -0.1) is 24.0 Å². The van der Waals surface area contributed by atoms with Crippen molar-refractivity contribution in [2.75, 3.05) is 59.9 Å². The molecule has 0 unspecified atom stereocenters. The average Bonchev–Trinajstić information content (AvgIpc) is 3.27. The molecular weight excluding hydrogens is 455 g/mol. The number of carbonyl (C=O) groups excluding carboxylic acids is 1. The van der Waals surface area contributed by atoms with Crippen molar-refractivity contribution in [1.29, 1.82) is 0 Å². The number of hydrogen-bond acceptors (Lipinski definition) is 4. The summed E-state index contributed by atoms with van der Waals surface area (Å²) in [6.45, 7) is 6.21. The minimum Gasteiger partial charge on any atom is -0.355 e. The highest BCUT2D eigenvalue weighted by Gasteiger charge is 2.26. The SMILES string of the molecule is CN=C(NCCN(C)C1CCCC1)N1CCN(CC(=O)NC2CC2)CC1.I. The van der Waals surface area contributed by atoms with E-state index in [2.05, 4.69) is 37.4 Å². The fourth-order valence-corrected chi connectivity index (χ4v) is 4.03. The van der Waals surface area contributed by atoms with Gasteiger partial charge in [-0.25, -0.2) is 0 Å². The van der Waals surface area contributed by atoms with Gasteiger partial charge < -0.3 is 20.4 Å². The maximum Gasteiger partial charge on any atom is 0.234 e. The van der Waals surface area contributed by atoms with Crippen molar-refractivity contribution >= 4 is 35.8 Å². The molecule has 1 aliphatic heterocycles. The molecule has 3 aliphatic rings. The van der Waals surface area contributed by atoms with Crippen LogP contribution in [-0.2, 0) is 4.79 Å². The van der Waals surface area contributed by atoms with Crippen molar-refractivity contribution in [2.45, 2.75) is 50.6 Å². The third-order valence-corrected chi connectivity index (χ3v) is 5.89. The van der Waals surface area contributed by atoms with E-state index >= 15 is 0 Å². The molecule has 1 saturated heterocycles. The van der Waals surface area contributed by atoms with Gasteiger partial charge in [0.25, 0.3) is 0 Å². The summed E-state index contributed by atoms with van der Waals surface area (Å²) < 4.78 is 0. The number of halogens is 1. The topological polar surface area (TPSA) is 63.2 Å². The van der Waals surface area contributed by atoms with Crippen LogP contribution in [0.1, 0.15) is 38.5 Å². The lowest BCUT2D eigenvalue weighted by atomic mass is 10.2. The summed E-state index contributed by atoms with van der Waals surface area (Å²) in [7, 11) is 4.10. The minimum absolute atomic E-state index is 0. The molecular formula is C19H37IN6O. The lowest BCUT2D eigenvalue weighted by Crippen LogP contribution is -2.54. The summed E-state index contributed by atoms with van der Waals surface area (Å²) in [5, 5.41) is 6.59. The normalized spacial score (nSPS) is 22.0. The van der Waals surface area contributed by atoms with Crippen LogP contribution >= 0.6 is 24.0 Å². The van der Waals surface area contributed by atoms with Gasteiger partial charge in [0.05, 0.1) is 6.54 Å². The molecule has 0 atom stereocenters. The molecule has 7 nitrogen and oxygen atoms in total. The molecule has 0 bridgehead atoms. The number of nitrogens with zero attached hydrogens (tertiary/aromatic N) is 4. The van der Waals surface area contributed by atoms with Crippen LogP contribution in [-0.4, -0.2) is 98.6 Å². The van der Waals surface area contributed by atoms with Crippen molar-refractivity contribution < 1.29 is 4.79 Å². The number of piperazine rings is 1. The number of guanidine groups is 1. The van der Waals surface area contributed by atoms with Gasteiger partial charge in [-0.2, -0.15) is 0 Å². The molecule has 3 fully saturated rings. The maximum absolute atomic E-state index is 11.9. The number of carbonyl (C=O) groups is 1. The van der Waals surface area contributed by atoms with Crippen LogP contribution < -0.4 is 10.6 Å². The lowest BCUT2D eigenvalue weighted by molar-refractivity contribution is -0.122. The molecule has 1 heterocycles. The van der Waals surface area contributed by atoms with Gasteiger partial charge in [0.15, 0.2) is 5.96 Å². The molecule has 0 spiro atoms. The van der Waals surface area contributed by atoms with Gasteiger partial charge in [-0.05, 0) is 32.7 Å². The Morgan fingerprint density at radius 3 is 2.37 bits per heavy atom. The zero-order valence-electron chi connectivity index (χ0n) is 17.0. The van der Waals surface area contributed by atoms with Crippen molar-refractivity contribution in [1.82, 2.24) is 25.3 Å². The number of rotatable bonds is 7. The zero-order valence-corrected chi connectivity index (χ0v) is 19.3. The Hall–Kier alpha value is -0.610. The van der Waals surface area contributed by atoms with Gasteiger partial charge in [0.2, 0.25) is 5.91 Å². The van der Waals surface area contributed by atoms with E-state index in [9.17, 15) is 4.79 Å². The Morgan fingerprint density at radius 2 is 1.78 bits per heavy atom. The Kier molecular flexibility index (Phi) is 9.58. The summed E-state index contributed by atoms with van der Waals surface area (Å²) >= 11 is 0. The van der Waals surface area contributed by atoms with Gasteiger partial charge in [-0.1, -0.05) is 12.8 Å². The van der Waals surface area contributed by atoms with Gasteiger partial charge in [0.1, 0.15) is 0 Å². The largest absolute Gasteiger partial charge is 0.355 e. The van der Waals surface area contributed by atoms with Crippen LogP contribution in [0.5, 0.6) is 0 Å². The first-order chi connectivity index (χ1) is 12.7. The highest BCUT2D eigenvalue weighted by Crippen LogP contribution is 2.21. The molecule has 1 amide bonds. The monoisotopic (exact) mass is 492 g/mol. The molecule has 2 saturated carbocycles. The lowest BCUT2D eigenvalue weighted by Gasteiger charge is -2.36. The van der Waals surface area contributed by atoms with Gasteiger partial charge >= 0.3 is 0 Å². The first-order valence-electron chi connectivity index (χ1n) is 10.3. The summed E-state index contributed by atoms with van der Waals surface area (Å²) in [6, 6.07) is 1.22. The molecule has 27 heavy (non-hydrogen) atoms. The maximum atomic E-state index is 11.9. The predicted molar refractivity (Wildman–Crippen MR) is 121 cm³/mol. The molecule has 0 aromatic rings. The molecule has 0 radical (unpaired) electrons. The third-order valence-electron chi connectivity index (χ3n) is 5.89. The molecule has 2 aliphatic carbocycles. The van der Waals surface area contributed by atoms with Crippen molar-refractivity contribution in [3.63, 3.8) is 0 Å². The number of aliphatic imine (C=N–C) groups is 1. The first kappa shape index (κ1) is 22.7. The summed E-state index contributed by atoms with van der Waals surface area (Å²) in [5.74, 6) is 1.17. The van der Waals surface area contributed by atoms with Crippen molar-refractivity contribution in [3.05, 3.63) is 0 Å². The van der Waals surface area contributed by atoms with E-state index in [0.717, 1.165) is 64.1 Å². The van der Waals surface area contributed by atoms with E-state index in [1.165, 1.54) is 25.7 Å². The predicted octanol–water partition coefficient (Wildman–Crippen LogP) is 0.950. The Bertz CT molecular complexity index is 485. The van der Waals surface area contributed by atoms with Gasteiger partial charge in [0, 0.05) is 58.4 Å².